The number of hydrogen-bond donors (Lipinski definition) is 0. The van der Waals surface area contributed by atoms with Crippen LogP contribution in [0.1, 0.15) is 99.8 Å². The standard InChI is InChI=1S/C27H50O2Si/c1-23(2)14-10-15-24(3)16-11-17-25(4)18-12-19-26(20-13-21-28)22-29-30(8,9)27(5,6)7/h14,16,18,21,26H,10-13,15,17,19-20,22H2,1-9H3/b24-16+,25-18+/t26-/m1/s1. The molecule has 0 radical (unpaired) electrons. The molecule has 174 valence electrons. The lowest BCUT2D eigenvalue weighted by Gasteiger charge is -2.37. The van der Waals surface area contributed by atoms with E-state index in [4.69, 9.17) is 4.43 Å². The van der Waals surface area contributed by atoms with Gasteiger partial charge in [0.1, 0.15) is 6.29 Å². The molecule has 0 unspecified atom stereocenters. The Labute approximate surface area is 189 Å². The van der Waals surface area contributed by atoms with Gasteiger partial charge in [0, 0.05) is 13.0 Å². The third-order valence-electron chi connectivity index (χ3n) is 6.37. The van der Waals surface area contributed by atoms with Crippen LogP contribution in [-0.2, 0) is 9.22 Å². The van der Waals surface area contributed by atoms with Crippen molar-refractivity contribution in [3.05, 3.63) is 34.9 Å². The first-order valence-corrected chi connectivity index (χ1v) is 14.8. The van der Waals surface area contributed by atoms with E-state index in [0.717, 1.165) is 51.4 Å². The van der Waals surface area contributed by atoms with Gasteiger partial charge in [-0.25, -0.2) is 0 Å². The second-order valence-corrected chi connectivity index (χ2v) is 15.5. The van der Waals surface area contributed by atoms with Crippen LogP contribution in [0.15, 0.2) is 34.9 Å². The highest BCUT2D eigenvalue weighted by Crippen LogP contribution is 2.37. The van der Waals surface area contributed by atoms with E-state index in [1.807, 2.05) is 0 Å². The topological polar surface area (TPSA) is 26.3 Å². The molecule has 0 saturated carbocycles. The Morgan fingerprint density at radius 1 is 0.833 bits per heavy atom. The van der Waals surface area contributed by atoms with E-state index in [1.54, 1.807) is 0 Å². The van der Waals surface area contributed by atoms with E-state index >= 15 is 0 Å². The van der Waals surface area contributed by atoms with E-state index in [1.165, 1.54) is 23.1 Å². The molecule has 0 bridgehead atoms. The average Bonchev–Trinajstić information content (AvgIpc) is 2.62. The number of carbonyl (C=O) groups excluding carboxylic acids is 1. The lowest BCUT2D eigenvalue weighted by molar-refractivity contribution is -0.108. The van der Waals surface area contributed by atoms with Crippen LogP contribution < -0.4 is 0 Å². The average molecular weight is 435 g/mol. The fourth-order valence-electron chi connectivity index (χ4n) is 3.06. The molecule has 0 aromatic heterocycles. The first kappa shape index (κ1) is 29.1. The molecule has 0 aliphatic carbocycles. The summed E-state index contributed by atoms with van der Waals surface area (Å²) in [6.07, 6.45) is 16.5. The van der Waals surface area contributed by atoms with Crippen molar-refractivity contribution in [2.45, 2.75) is 118 Å². The zero-order valence-corrected chi connectivity index (χ0v) is 22.6. The molecule has 1 atom stereocenters. The van der Waals surface area contributed by atoms with Gasteiger partial charge in [-0.3, -0.25) is 0 Å². The second-order valence-electron chi connectivity index (χ2n) is 10.7. The van der Waals surface area contributed by atoms with E-state index < -0.39 is 8.32 Å². The van der Waals surface area contributed by atoms with Crippen molar-refractivity contribution in [3.8, 4) is 0 Å². The Morgan fingerprint density at radius 2 is 1.33 bits per heavy atom. The zero-order chi connectivity index (χ0) is 23.2. The fourth-order valence-corrected chi connectivity index (χ4v) is 4.15. The molecule has 2 nitrogen and oxygen atoms in total. The first-order chi connectivity index (χ1) is 13.9. The highest BCUT2D eigenvalue weighted by atomic mass is 28.4. The number of hydrogen-bond acceptors (Lipinski definition) is 2. The Balaban J connectivity index is 4.47. The molecule has 0 rings (SSSR count). The lowest BCUT2D eigenvalue weighted by atomic mass is 9.97. The van der Waals surface area contributed by atoms with Crippen LogP contribution in [0, 0.1) is 5.92 Å². The number of carbonyl (C=O) groups is 1. The number of rotatable bonds is 15. The van der Waals surface area contributed by atoms with Crippen LogP contribution in [0.2, 0.25) is 18.1 Å². The summed E-state index contributed by atoms with van der Waals surface area (Å²) in [5, 5.41) is 0.232. The molecule has 30 heavy (non-hydrogen) atoms. The number of allylic oxidation sites excluding steroid dienone is 6. The van der Waals surface area contributed by atoms with Crippen molar-refractivity contribution >= 4 is 14.6 Å². The van der Waals surface area contributed by atoms with Crippen molar-refractivity contribution < 1.29 is 9.22 Å². The summed E-state index contributed by atoms with van der Waals surface area (Å²) in [4.78, 5) is 10.9. The molecule has 0 heterocycles. The Bertz CT molecular complexity index is 572. The highest BCUT2D eigenvalue weighted by molar-refractivity contribution is 6.74. The van der Waals surface area contributed by atoms with Gasteiger partial charge < -0.3 is 9.22 Å². The number of aldehydes is 1. The predicted molar refractivity (Wildman–Crippen MR) is 137 cm³/mol. The summed E-state index contributed by atoms with van der Waals surface area (Å²) in [6, 6.07) is 0. The lowest BCUT2D eigenvalue weighted by Crippen LogP contribution is -2.42. The maximum atomic E-state index is 10.9. The Kier molecular flexibility index (Phi) is 14.5. The van der Waals surface area contributed by atoms with E-state index in [-0.39, 0.29) is 5.04 Å². The van der Waals surface area contributed by atoms with Crippen LogP contribution in [0.3, 0.4) is 0 Å². The summed E-state index contributed by atoms with van der Waals surface area (Å²) in [6.45, 7) is 21.1. The van der Waals surface area contributed by atoms with Gasteiger partial charge in [-0.1, -0.05) is 55.7 Å². The normalized spacial score (nSPS) is 14.6. The fraction of sp³-hybridized carbons (Fsp3) is 0.741. The van der Waals surface area contributed by atoms with Crippen molar-refractivity contribution in [1.82, 2.24) is 0 Å². The molecule has 0 N–H and O–H groups in total. The van der Waals surface area contributed by atoms with Crippen molar-refractivity contribution in [2.75, 3.05) is 6.61 Å². The van der Waals surface area contributed by atoms with Gasteiger partial charge in [-0.2, -0.15) is 0 Å². The third-order valence-corrected chi connectivity index (χ3v) is 10.9. The quantitative estimate of drug-likeness (QED) is 0.146. The summed E-state index contributed by atoms with van der Waals surface area (Å²) in [5.41, 5.74) is 4.38. The minimum atomic E-state index is -1.73. The summed E-state index contributed by atoms with van der Waals surface area (Å²) in [5.74, 6) is 0.477. The minimum Gasteiger partial charge on any atom is -0.417 e. The SMILES string of the molecule is CC(C)=CCC/C(C)=C/CC/C(C)=C/CC[C@H](CCC=O)CO[Si](C)(C)C(C)(C)C. The second kappa shape index (κ2) is 15.0. The summed E-state index contributed by atoms with van der Waals surface area (Å²) >= 11 is 0. The van der Waals surface area contributed by atoms with Gasteiger partial charge in [-0.15, -0.1) is 0 Å². The van der Waals surface area contributed by atoms with Crippen LogP contribution >= 0.6 is 0 Å². The Hall–Kier alpha value is -0.933. The smallest absolute Gasteiger partial charge is 0.191 e. The zero-order valence-electron chi connectivity index (χ0n) is 21.6. The molecule has 0 saturated heterocycles. The minimum absolute atomic E-state index is 0.232. The van der Waals surface area contributed by atoms with Crippen molar-refractivity contribution in [3.63, 3.8) is 0 Å². The highest BCUT2D eigenvalue weighted by Gasteiger charge is 2.37. The van der Waals surface area contributed by atoms with E-state index in [0.29, 0.717) is 12.3 Å². The van der Waals surface area contributed by atoms with E-state index in [2.05, 4.69) is 79.8 Å². The molecule has 0 amide bonds. The summed E-state index contributed by atoms with van der Waals surface area (Å²) in [7, 11) is -1.73. The van der Waals surface area contributed by atoms with Gasteiger partial charge in [0.25, 0.3) is 0 Å². The molecule has 0 aromatic carbocycles. The Morgan fingerprint density at radius 3 is 1.83 bits per heavy atom. The monoisotopic (exact) mass is 434 g/mol. The van der Waals surface area contributed by atoms with Crippen molar-refractivity contribution in [2.24, 2.45) is 5.92 Å². The molecule has 0 fully saturated rings. The van der Waals surface area contributed by atoms with Gasteiger partial charge in [0.15, 0.2) is 8.32 Å². The van der Waals surface area contributed by atoms with Gasteiger partial charge in [-0.05, 0) is 96.7 Å². The van der Waals surface area contributed by atoms with Gasteiger partial charge >= 0.3 is 0 Å². The maximum absolute atomic E-state index is 10.9. The van der Waals surface area contributed by atoms with Crippen LogP contribution in [0.5, 0.6) is 0 Å². The largest absolute Gasteiger partial charge is 0.417 e. The molecule has 3 heteroatoms. The molecule has 0 aromatic rings. The summed E-state index contributed by atoms with van der Waals surface area (Å²) < 4.78 is 6.44. The molecule has 0 aliphatic rings. The first-order valence-electron chi connectivity index (χ1n) is 11.9. The third kappa shape index (κ3) is 14.1. The van der Waals surface area contributed by atoms with Crippen molar-refractivity contribution in [1.29, 1.82) is 0 Å². The maximum Gasteiger partial charge on any atom is 0.191 e. The van der Waals surface area contributed by atoms with Crippen LogP contribution in [0.25, 0.3) is 0 Å². The molecular weight excluding hydrogens is 384 g/mol. The molecule has 0 spiro atoms. The van der Waals surface area contributed by atoms with Crippen LogP contribution in [-0.4, -0.2) is 21.2 Å². The van der Waals surface area contributed by atoms with Gasteiger partial charge in [0.2, 0.25) is 0 Å². The predicted octanol–water partition coefficient (Wildman–Crippen LogP) is 8.80. The van der Waals surface area contributed by atoms with E-state index in [9.17, 15) is 4.79 Å². The molecule has 0 aliphatic heterocycles. The molecular formula is C27H50O2Si. The van der Waals surface area contributed by atoms with Crippen LogP contribution in [0.4, 0.5) is 0 Å². The van der Waals surface area contributed by atoms with Gasteiger partial charge in [0.05, 0.1) is 0 Å².